The Morgan fingerprint density at radius 3 is 2.41 bits per heavy atom. The Labute approximate surface area is 210 Å². The maximum Gasteiger partial charge on any atom is 0.334 e. The molecule has 2 heterocycles. The quantitative estimate of drug-likeness (QED) is 0.213. The molecule has 1 amide bonds. The number of carbonyl (C=O) groups is 3. The van der Waals surface area contributed by atoms with Crippen molar-refractivity contribution in [1.29, 1.82) is 5.26 Å². The first-order valence-corrected chi connectivity index (χ1v) is 11.5. The van der Waals surface area contributed by atoms with Crippen LogP contribution in [0.15, 0.2) is 42.6 Å². The summed E-state index contributed by atoms with van der Waals surface area (Å²) in [6, 6.07) is 10.0. The maximum atomic E-state index is 13.2. The average molecular weight is 511 g/mol. The SMILES string of the molecule is CC(=O)N[C@@H]1[C@@H](O)[C@H](O)[C@@H](CO)O[C@H]1NCC(=O)C(C(=O)O)n1cc2cc3ccccc3cc2c1C#N. The number of nitriles is 1. The second-order valence-electron chi connectivity index (χ2n) is 8.86. The molecule has 3 aromatic rings. The number of hydrogen-bond donors (Lipinski definition) is 6. The molecule has 1 aromatic heterocycles. The Morgan fingerprint density at radius 2 is 1.81 bits per heavy atom. The van der Waals surface area contributed by atoms with Gasteiger partial charge in [0.25, 0.3) is 0 Å². The van der Waals surface area contributed by atoms with Crippen molar-refractivity contribution in [3.05, 3.63) is 48.3 Å². The van der Waals surface area contributed by atoms with Crippen molar-refractivity contribution in [1.82, 2.24) is 15.2 Å². The molecule has 6 atom stereocenters. The van der Waals surface area contributed by atoms with E-state index in [9.17, 15) is 40.1 Å². The van der Waals surface area contributed by atoms with Crippen molar-refractivity contribution >= 4 is 39.2 Å². The van der Waals surface area contributed by atoms with Gasteiger partial charge in [0.15, 0.2) is 11.8 Å². The molecule has 12 heteroatoms. The molecule has 0 bridgehead atoms. The molecule has 4 rings (SSSR count). The van der Waals surface area contributed by atoms with Gasteiger partial charge in [-0.3, -0.25) is 14.9 Å². The van der Waals surface area contributed by atoms with Crippen molar-refractivity contribution in [2.75, 3.05) is 13.2 Å². The van der Waals surface area contributed by atoms with Gasteiger partial charge in [-0.1, -0.05) is 24.3 Å². The highest BCUT2D eigenvalue weighted by molar-refractivity contribution is 6.04. The first-order valence-electron chi connectivity index (χ1n) is 11.5. The van der Waals surface area contributed by atoms with Gasteiger partial charge in [0.1, 0.15) is 36.3 Å². The second kappa shape index (κ2) is 10.6. The lowest BCUT2D eigenvalue weighted by Crippen LogP contribution is -2.67. The number of nitrogens with zero attached hydrogens (tertiary/aromatic N) is 2. The van der Waals surface area contributed by atoms with Crippen LogP contribution >= 0.6 is 0 Å². The lowest BCUT2D eigenvalue weighted by atomic mass is 9.95. The monoisotopic (exact) mass is 510 g/mol. The van der Waals surface area contributed by atoms with Crippen LogP contribution < -0.4 is 10.6 Å². The van der Waals surface area contributed by atoms with Gasteiger partial charge in [-0.2, -0.15) is 5.26 Å². The summed E-state index contributed by atoms with van der Waals surface area (Å²) in [6.07, 6.45) is -4.05. The van der Waals surface area contributed by atoms with Crippen LogP contribution in [0, 0.1) is 11.3 Å². The van der Waals surface area contributed by atoms with Crippen LogP contribution in [0.5, 0.6) is 0 Å². The number of hydrogen-bond acceptors (Lipinski definition) is 9. The number of benzene rings is 2. The Kier molecular flexibility index (Phi) is 7.53. The van der Waals surface area contributed by atoms with Crippen LogP contribution in [0.25, 0.3) is 21.5 Å². The van der Waals surface area contributed by atoms with Gasteiger partial charge in [-0.05, 0) is 22.9 Å². The average Bonchev–Trinajstić information content (AvgIpc) is 3.21. The van der Waals surface area contributed by atoms with Crippen LogP contribution in [-0.2, 0) is 19.1 Å². The highest BCUT2D eigenvalue weighted by Gasteiger charge is 2.45. The number of amides is 1. The van der Waals surface area contributed by atoms with E-state index in [1.54, 1.807) is 12.1 Å². The molecule has 1 aliphatic rings. The fourth-order valence-electron chi connectivity index (χ4n) is 4.64. The number of nitrogens with one attached hydrogen (secondary N) is 2. The molecule has 37 heavy (non-hydrogen) atoms. The molecule has 1 fully saturated rings. The summed E-state index contributed by atoms with van der Waals surface area (Å²) in [5, 5.41) is 57.7. The van der Waals surface area contributed by atoms with E-state index in [0.717, 1.165) is 15.3 Å². The number of aliphatic carboxylic acids is 1. The number of ketones is 1. The minimum Gasteiger partial charge on any atom is -0.479 e. The van der Waals surface area contributed by atoms with Crippen molar-refractivity contribution in [2.45, 2.75) is 43.5 Å². The van der Waals surface area contributed by atoms with E-state index in [0.29, 0.717) is 10.8 Å². The van der Waals surface area contributed by atoms with Crippen LogP contribution in [-0.4, -0.2) is 86.4 Å². The topological polar surface area (TPSA) is 194 Å². The number of carbonyl (C=O) groups excluding carboxylic acids is 2. The van der Waals surface area contributed by atoms with Gasteiger partial charge < -0.3 is 35.0 Å². The number of ether oxygens (including phenoxy) is 1. The standard InChI is InChI=1S/C25H26N4O8/c1-12(31)28-20-23(34)22(33)19(11-30)37-24(20)27-9-18(32)21(25(35)36)29-10-15-6-13-4-2-3-5-14(13)7-16(15)17(29)8-26/h2-7,10,19-24,27,30,33-34H,9,11H2,1H3,(H,28,31)(H,35,36)/t19-,20-,21?,22-,23-,24-/m1/s1. The van der Waals surface area contributed by atoms with E-state index in [2.05, 4.69) is 10.6 Å². The fraction of sp³-hybridized carbons (Fsp3) is 0.360. The van der Waals surface area contributed by atoms with E-state index in [-0.39, 0.29) is 5.69 Å². The number of carboxylic acids is 1. The molecule has 0 spiro atoms. The Balaban J connectivity index is 1.63. The summed E-state index contributed by atoms with van der Waals surface area (Å²) in [4.78, 5) is 37.0. The van der Waals surface area contributed by atoms with Gasteiger partial charge in [-0.25, -0.2) is 4.79 Å². The zero-order valence-corrected chi connectivity index (χ0v) is 19.7. The van der Waals surface area contributed by atoms with Gasteiger partial charge in [0.05, 0.1) is 19.2 Å². The third-order valence-corrected chi connectivity index (χ3v) is 6.41. The highest BCUT2D eigenvalue weighted by Crippen LogP contribution is 2.29. The number of carboxylic acid groups (broad SMARTS) is 1. The van der Waals surface area contributed by atoms with E-state index in [1.807, 2.05) is 30.3 Å². The van der Waals surface area contributed by atoms with Crippen molar-refractivity contribution in [3.8, 4) is 6.07 Å². The Hall–Kier alpha value is -3.86. The van der Waals surface area contributed by atoms with Crippen molar-refractivity contribution < 1.29 is 39.5 Å². The zero-order chi connectivity index (χ0) is 26.9. The third-order valence-electron chi connectivity index (χ3n) is 6.41. The summed E-state index contributed by atoms with van der Waals surface area (Å²) >= 11 is 0. The lowest BCUT2D eigenvalue weighted by Gasteiger charge is -2.42. The van der Waals surface area contributed by atoms with Crippen LogP contribution in [0.2, 0.25) is 0 Å². The fourth-order valence-corrected chi connectivity index (χ4v) is 4.64. The number of aromatic nitrogens is 1. The first kappa shape index (κ1) is 26.2. The summed E-state index contributed by atoms with van der Waals surface area (Å²) in [7, 11) is 0. The van der Waals surface area contributed by atoms with Crippen LogP contribution in [0.3, 0.4) is 0 Å². The molecule has 0 aliphatic carbocycles. The molecular weight excluding hydrogens is 484 g/mol. The summed E-state index contributed by atoms with van der Waals surface area (Å²) in [6.45, 7) is -0.0474. The smallest absolute Gasteiger partial charge is 0.334 e. The first-order chi connectivity index (χ1) is 17.7. The molecule has 1 saturated heterocycles. The number of aliphatic hydroxyl groups excluding tert-OH is 3. The molecular formula is C25H26N4O8. The van der Waals surface area contributed by atoms with E-state index in [1.165, 1.54) is 13.1 Å². The zero-order valence-electron chi connectivity index (χ0n) is 19.7. The van der Waals surface area contributed by atoms with E-state index < -0.39 is 67.4 Å². The maximum absolute atomic E-state index is 13.2. The predicted molar refractivity (Wildman–Crippen MR) is 129 cm³/mol. The van der Waals surface area contributed by atoms with Crippen LogP contribution in [0.1, 0.15) is 18.7 Å². The lowest BCUT2D eigenvalue weighted by molar-refractivity contribution is -0.202. The van der Waals surface area contributed by atoms with Crippen LogP contribution in [0.4, 0.5) is 0 Å². The molecule has 12 nitrogen and oxygen atoms in total. The number of rotatable bonds is 8. The van der Waals surface area contributed by atoms with E-state index in [4.69, 9.17) is 4.74 Å². The Morgan fingerprint density at radius 1 is 1.14 bits per heavy atom. The molecule has 6 N–H and O–H groups in total. The Bertz CT molecular complexity index is 1400. The normalized spacial score (nSPS) is 24.5. The number of Topliss-reactive ketones (excluding diaryl/α,β-unsaturated/α-hetero) is 1. The molecule has 2 aromatic carbocycles. The van der Waals surface area contributed by atoms with Gasteiger partial charge in [-0.15, -0.1) is 0 Å². The van der Waals surface area contributed by atoms with Crippen molar-refractivity contribution in [2.24, 2.45) is 0 Å². The minimum atomic E-state index is -1.76. The second-order valence-corrected chi connectivity index (χ2v) is 8.86. The van der Waals surface area contributed by atoms with Gasteiger partial charge in [0, 0.05) is 23.9 Å². The van der Waals surface area contributed by atoms with Gasteiger partial charge >= 0.3 is 5.97 Å². The summed E-state index contributed by atoms with van der Waals surface area (Å²) < 4.78 is 6.63. The molecule has 0 radical (unpaired) electrons. The molecule has 1 unspecified atom stereocenters. The van der Waals surface area contributed by atoms with Gasteiger partial charge in [0.2, 0.25) is 5.91 Å². The molecule has 194 valence electrons. The summed E-state index contributed by atoms with van der Waals surface area (Å²) in [5.41, 5.74) is 0.00503. The van der Waals surface area contributed by atoms with Crippen molar-refractivity contribution in [3.63, 3.8) is 0 Å². The minimum absolute atomic E-state index is 0.00503. The predicted octanol–water partition coefficient (Wildman–Crippen LogP) is -0.606. The molecule has 1 aliphatic heterocycles. The highest BCUT2D eigenvalue weighted by atomic mass is 16.5. The summed E-state index contributed by atoms with van der Waals surface area (Å²) in [5.74, 6) is -2.87. The number of fused-ring (bicyclic) bond motifs is 2. The third kappa shape index (κ3) is 5.04. The number of aliphatic hydroxyl groups is 3. The van der Waals surface area contributed by atoms with E-state index >= 15 is 0 Å². The largest absolute Gasteiger partial charge is 0.479 e. The molecule has 0 saturated carbocycles.